The van der Waals surface area contributed by atoms with Gasteiger partial charge in [0.2, 0.25) is 0 Å². The number of fused-ring (bicyclic) bond motifs is 2. The first-order chi connectivity index (χ1) is 15.7. The Morgan fingerprint density at radius 1 is 0.812 bits per heavy atom. The Hall–Kier alpha value is -2.62. The summed E-state index contributed by atoms with van der Waals surface area (Å²) in [6, 6.07) is 12.1. The number of methoxy groups -OCH3 is 2. The molecule has 2 aromatic heterocycles. The maximum atomic E-state index is 5.39. The third-order valence-corrected chi connectivity index (χ3v) is 7.78. The zero-order valence-corrected chi connectivity index (χ0v) is 20.2. The number of hydrogen-bond acceptors (Lipinski definition) is 9. The number of hydrogen-bond donors (Lipinski definition) is 0. The summed E-state index contributed by atoms with van der Waals surface area (Å²) in [5.74, 6) is 1.73. The number of thiazole rings is 2. The molecule has 1 saturated heterocycles. The van der Waals surface area contributed by atoms with Crippen molar-refractivity contribution in [3.63, 3.8) is 0 Å². The highest BCUT2D eigenvalue weighted by atomic mass is 32.1. The van der Waals surface area contributed by atoms with Gasteiger partial charge in [-0.2, -0.15) is 0 Å². The molecule has 1 fully saturated rings. The normalized spacial score (nSPS) is 15.1. The Kier molecular flexibility index (Phi) is 6.03. The van der Waals surface area contributed by atoms with E-state index in [4.69, 9.17) is 19.4 Å². The molecule has 0 bridgehead atoms. The summed E-state index contributed by atoms with van der Waals surface area (Å²) in [6.07, 6.45) is 2.36. The van der Waals surface area contributed by atoms with Crippen molar-refractivity contribution in [1.82, 2.24) is 14.9 Å². The number of unbranched alkanes of at least 4 members (excludes halogenated alkanes) is 1. The smallest absolute Gasteiger partial charge is 0.188 e. The Morgan fingerprint density at radius 3 is 1.81 bits per heavy atom. The first-order valence-corrected chi connectivity index (χ1v) is 12.4. The van der Waals surface area contributed by atoms with Crippen LogP contribution in [0.5, 0.6) is 11.5 Å². The predicted octanol–water partition coefficient (Wildman–Crippen LogP) is 5.22. The third kappa shape index (κ3) is 4.20. The van der Waals surface area contributed by atoms with E-state index in [0.717, 1.165) is 68.7 Å². The van der Waals surface area contributed by atoms with Gasteiger partial charge in [0.25, 0.3) is 0 Å². The molecule has 4 aromatic rings. The molecule has 3 heterocycles. The first-order valence-electron chi connectivity index (χ1n) is 10.8. The molecule has 32 heavy (non-hydrogen) atoms. The van der Waals surface area contributed by atoms with Crippen LogP contribution in [0.1, 0.15) is 19.8 Å². The van der Waals surface area contributed by atoms with Crippen molar-refractivity contribution in [2.24, 2.45) is 0 Å². The minimum absolute atomic E-state index is 0.760. The fourth-order valence-electron chi connectivity index (χ4n) is 3.90. The van der Waals surface area contributed by atoms with Crippen LogP contribution in [0.4, 0.5) is 10.3 Å². The molecule has 7 nitrogen and oxygen atoms in total. The average Bonchev–Trinajstić information content (AvgIpc) is 3.45. The van der Waals surface area contributed by atoms with Crippen molar-refractivity contribution in [3.05, 3.63) is 36.4 Å². The van der Waals surface area contributed by atoms with Crippen LogP contribution in [-0.4, -0.2) is 55.6 Å². The van der Waals surface area contributed by atoms with Crippen LogP contribution in [0.2, 0.25) is 0 Å². The first kappa shape index (κ1) is 21.2. The van der Waals surface area contributed by atoms with E-state index in [1.54, 1.807) is 36.9 Å². The van der Waals surface area contributed by atoms with Gasteiger partial charge in [0, 0.05) is 6.54 Å². The molecule has 2 aromatic carbocycles. The Bertz CT molecular complexity index is 1130. The number of benzene rings is 2. The van der Waals surface area contributed by atoms with Crippen LogP contribution in [0.15, 0.2) is 36.4 Å². The Balaban J connectivity index is 1.45. The standard InChI is InChI=1S/C23H27N5O2S2/c1-4-5-10-26-13-27(22-24-18-8-6-16(29-2)11-20(18)31-22)15-28(14-26)23-25-19-9-7-17(30-3)12-21(19)32-23/h6-9,11-12H,4-5,10,13-15H2,1-3H3. The summed E-state index contributed by atoms with van der Waals surface area (Å²) in [5.41, 5.74) is 2.02. The van der Waals surface area contributed by atoms with Gasteiger partial charge in [-0.25, -0.2) is 9.97 Å². The third-order valence-electron chi connectivity index (χ3n) is 5.62. The molecular weight excluding hydrogens is 442 g/mol. The van der Waals surface area contributed by atoms with Crippen molar-refractivity contribution >= 4 is 53.4 Å². The summed E-state index contributed by atoms with van der Waals surface area (Å²) in [6.45, 7) is 5.79. The van der Waals surface area contributed by atoms with Gasteiger partial charge in [0.1, 0.15) is 11.5 Å². The fourth-order valence-corrected chi connectivity index (χ4v) is 5.86. The zero-order valence-electron chi connectivity index (χ0n) is 18.6. The van der Waals surface area contributed by atoms with E-state index in [1.807, 2.05) is 24.3 Å². The van der Waals surface area contributed by atoms with E-state index in [1.165, 1.54) is 12.8 Å². The van der Waals surface area contributed by atoms with Gasteiger partial charge < -0.3 is 19.3 Å². The molecule has 1 aliphatic rings. The Morgan fingerprint density at radius 2 is 1.34 bits per heavy atom. The Labute approximate surface area is 195 Å². The van der Waals surface area contributed by atoms with E-state index in [0.29, 0.717) is 0 Å². The quantitative estimate of drug-likeness (QED) is 0.368. The molecule has 9 heteroatoms. The molecule has 1 aliphatic heterocycles. The lowest BCUT2D eigenvalue weighted by Crippen LogP contribution is -2.55. The highest BCUT2D eigenvalue weighted by molar-refractivity contribution is 7.22. The molecule has 0 spiro atoms. The van der Waals surface area contributed by atoms with Crippen molar-refractivity contribution in [2.75, 3.05) is 50.6 Å². The highest BCUT2D eigenvalue weighted by Gasteiger charge is 2.27. The van der Waals surface area contributed by atoms with Crippen LogP contribution >= 0.6 is 22.7 Å². The molecule has 0 saturated carbocycles. The average molecular weight is 470 g/mol. The zero-order chi connectivity index (χ0) is 22.1. The molecule has 0 N–H and O–H groups in total. The van der Waals surface area contributed by atoms with Gasteiger partial charge in [-0.3, -0.25) is 4.90 Å². The predicted molar refractivity (Wildman–Crippen MR) is 134 cm³/mol. The second-order valence-corrected chi connectivity index (χ2v) is 9.93. The van der Waals surface area contributed by atoms with Crippen LogP contribution in [-0.2, 0) is 0 Å². The van der Waals surface area contributed by atoms with Crippen molar-refractivity contribution in [1.29, 1.82) is 0 Å². The van der Waals surface area contributed by atoms with Gasteiger partial charge >= 0.3 is 0 Å². The lowest BCUT2D eigenvalue weighted by atomic mass is 10.3. The molecule has 0 radical (unpaired) electrons. The van der Waals surface area contributed by atoms with Crippen LogP contribution in [0.25, 0.3) is 20.4 Å². The second-order valence-electron chi connectivity index (χ2n) is 7.91. The topological polar surface area (TPSA) is 54.0 Å². The lowest BCUT2D eigenvalue weighted by Gasteiger charge is -2.42. The van der Waals surface area contributed by atoms with Crippen molar-refractivity contribution in [2.45, 2.75) is 19.8 Å². The largest absolute Gasteiger partial charge is 0.497 e. The second kappa shape index (κ2) is 9.09. The maximum Gasteiger partial charge on any atom is 0.188 e. The number of aromatic nitrogens is 2. The number of rotatable bonds is 7. The van der Waals surface area contributed by atoms with Gasteiger partial charge in [-0.1, -0.05) is 36.0 Å². The molecule has 168 valence electrons. The van der Waals surface area contributed by atoms with Gasteiger partial charge in [-0.05, 0) is 42.8 Å². The van der Waals surface area contributed by atoms with Crippen molar-refractivity contribution < 1.29 is 9.47 Å². The minimum Gasteiger partial charge on any atom is -0.497 e. The van der Waals surface area contributed by atoms with E-state index < -0.39 is 0 Å². The number of nitrogens with zero attached hydrogens (tertiary/aromatic N) is 5. The molecular formula is C23H27N5O2S2. The van der Waals surface area contributed by atoms with E-state index in [-0.39, 0.29) is 0 Å². The highest BCUT2D eigenvalue weighted by Crippen LogP contribution is 2.35. The van der Waals surface area contributed by atoms with Crippen molar-refractivity contribution in [3.8, 4) is 11.5 Å². The van der Waals surface area contributed by atoms with E-state index >= 15 is 0 Å². The van der Waals surface area contributed by atoms with E-state index in [9.17, 15) is 0 Å². The van der Waals surface area contributed by atoms with Crippen LogP contribution in [0, 0.1) is 0 Å². The fraction of sp³-hybridized carbons (Fsp3) is 0.391. The molecule has 0 unspecified atom stereocenters. The molecule has 5 rings (SSSR count). The SMILES string of the molecule is CCCCN1CN(c2nc3ccc(OC)cc3s2)CN(c2nc3ccc(OC)cc3s2)C1. The van der Waals surface area contributed by atoms with Crippen LogP contribution < -0.4 is 19.3 Å². The minimum atomic E-state index is 0.760. The van der Waals surface area contributed by atoms with Gasteiger partial charge in [0.05, 0.1) is 54.7 Å². The van der Waals surface area contributed by atoms with Gasteiger partial charge in [-0.15, -0.1) is 0 Å². The van der Waals surface area contributed by atoms with Gasteiger partial charge in [0.15, 0.2) is 10.3 Å². The van der Waals surface area contributed by atoms with Crippen LogP contribution in [0.3, 0.4) is 0 Å². The molecule has 0 aliphatic carbocycles. The maximum absolute atomic E-state index is 5.39. The monoisotopic (exact) mass is 469 g/mol. The summed E-state index contributed by atoms with van der Waals surface area (Å²) in [7, 11) is 3.40. The number of ether oxygens (including phenoxy) is 2. The molecule has 0 amide bonds. The summed E-state index contributed by atoms with van der Waals surface area (Å²) >= 11 is 3.43. The summed E-state index contributed by atoms with van der Waals surface area (Å²) in [4.78, 5) is 17.0. The molecule has 0 atom stereocenters. The van der Waals surface area contributed by atoms with E-state index in [2.05, 4.69) is 33.8 Å². The summed E-state index contributed by atoms with van der Waals surface area (Å²) < 4.78 is 13.1. The number of anilines is 2. The summed E-state index contributed by atoms with van der Waals surface area (Å²) in [5, 5.41) is 2.06. The lowest BCUT2D eigenvalue weighted by molar-refractivity contribution is 0.238.